The molecule has 0 aromatic carbocycles. The normalized spacial score (nSPS) is 18.9. The summed E-state index contributed by atoms with van der Waals surface area (Å²) in [6.45, 7) is 0. The van der Waals surface area contributed by atoms with Gasteiger partial charge in [-0.2, -0.15) is 0 Å². The van der Waals surface area contributed by atoms with E-state index in [1.165, 1.54) is 0 Å². The molecule has 0 aromatic heterocycles. The van der Waals surface area contributed by atoms with Crippen LogP contribution in [0, 0.1) is 0 Å². The SMILES string of the molecule is O=CN1C(=O)CCC1=S. The molecule has 0 N–H and O–H groups in total. The van der Waals surface area contributed by atoms with Crippen LogP contribution in [0.5, 0.6) is 0 Å². The van der Waals surface area contributed by atoms with Crippen molar-refractivity contribution >= 4 is 29.5 Å². The standard InChI is InChI=1S/C5H5NO2S/c7-3-6-4(8)1-2-5(6)9/h3H,1-2H2. The van der Waals surface area contributed by atoms with Gasteiger partial charge in [-0.25, -0.2) is 4.90 Å². The summed E-state index contributed by atoms with van der Waals surface area (Å²) in [5.74, 6) is -0.185. The van der Waals surface area contributed by atoms with Crippen LogP contribution in [0.2, 0.25) is 0 Å². The van der Waals surface area contributed by atoms with E-state index in [0.29, 0.717) is 24.2 Å². The lowest BCUT2D eigenvalue weighted by Gasteiger charge is -2.02. The van der Waals surface area contributed by atoms with Crippen molar-refractivity contribution in [1.29, 1.82) is 0 Å². The third-order valence-corrected chi connectivity index (χ3v) is 1.60. The van der Waals surface area contributed by atoms with Crippen molar-refractivity contribution < 1.29 is 9.59 Å². The molecule has 0 radical (unpaired) electrons. The van der Waals surface area contributed by atoms with Gasteiger partial charge in [-0.15, -0.1) is 0 Å². The Labute approximate surface area is 57.6 Å². The van der Waals surface area contributed by atoms with Gasteiger partial charge in [0.15, 0.2) is 0 Å². The van der Waals surface area contributed by atoms with Gasteiger partial charge in [-0.05, 0) is 0 Å². The number of amides is 2. The first-order chi connectivity index (χ1) is 4.25. The maximum atomic E-state index is 10.6. The summed E-state index contributed by atoms with van der Waals surface area (Å²) in [4.78, 5) is 22.1. The van der Waals surface area contributed by atoms with E-state index in [-0.39, 0.29) is 5.91 Å². The molecule has 0 aromatic rings. The lowest BCUT2D eigenvalue weighted by atomic mass is 10.4. The minimum Gasteiger partial charge on any atom is -0.278 e. The predicted octanol–water partition coefficient (Wildman–Crippen LogP) is 0.0926. The van der Waals surface area contributed by atoms with Crippen LogP contribution in [-0.4, -0.2) is 22.2 Å². The van der Waals surface area contributed by atoms with E-state index in [1.54, 1.807) is 0 Å². The number of carbonyl (C=O) groups is 2. The van der Waals surface area contributed by atoms with Crippen molar-refractivity contribution in [3.63, 3.8) is 0 Å². The number of rotatable bonds is 1. The number of thiocarbonyl (C=S) groups is 1. The third kappa shape index (κ3) is 0.977. The van der Waals surface area contributed by atoms with Crippen molar-refractivity contribution in [1.82, 2.24) is 4.90 Å². The highest BCUT2D eigenvalue weighted by molar-refractivity contribution is 7.80. The summed E-state index contributed by atoms with van der Waals surface area (Å²) >= 11 is 4.69. The first kappa shape index (κ1) is 6.35. The second kappa shape index (κ2) is 2.23. The van der Waals surface area contributed by atoms with E-state index in [4.69, 9.17) is 12.2 Å². The molecule has 1 rings (SSSR count). The Kier molecular flexibility index (Phi) is 1.57. The molecule has 3 nitrogen and oxygen atoms in total. The van der Waals surface area contributed by atoms with E-state index in [2.05, 4.69) is 0 Å². The minimum absolute atomic E-state index is 0.185. The topological polar surface area (TPSA) is 37.4 Å². The Bertz CT molecular complexity index is 162. The van der Waals surface area contributed by atoms with Crippen LogP contribution < -0.4 is 0 Å². The Morgan fingerprint density at radius 3 is 2.44 bits per heavy atom. The Morgan fingerprint density at radius 1 is 1.56 bits per heavy atom. The van der Waals surface area contributed by atoms with E-state index < -0.39 is 0 Å². The molecule has 1 saturated heterocycles. The Balaban J connectivity index is 2.77. The lowest BCUT2D eigenvalue weighted by molar-refractivity contribution is -0.131. The third-order valence-electron chi connectivity index (χ3n) is 1.20. The first-order valence-corrected chi connectivity index (χ1v) is 2.96. The highest BCUT2D eigenvalue weighted by Crippen LogP contribution is 2.10. The molecule has 1 aliphatic rings. The molecule has 0 saturated carbocycles. The van der Waals surface area contributed by atoms with Crippen molar-refractivity contribution in [2.75, 3.05) is 0 Å². The molecule has 9 heavy (non-hydrogen) atoms. The molecule has 2 amide bonds. The average molecular weight is 143 g/mol. The van der Waals surface area contributed by atoms with Gasteiger partial charge in [0.25, 0.3) is 0 Å². The zero-order valence-electron chi connectivity index (χ0n) is 4.66. The summed E-state index contributed by atoms with van der Waals surface area (Å²) in [6.07, 6.45) is 1.40. The van der Waals surface area contributed by atoms with Crippen LogP contribution in [0.4, 0.5) is 0 Å². The maximum absolute atomic E-state index is 10.6. The molecule has 4 heteroatoms. The summed E-state index contributed by atoms with van der Waals surface area (Å²) in [6, 6.07) is 0. The zero-order valence-corrected chi connectivity index (χ0v) is 5.48. The number of imide groups is 1. The number of likely N-dealkylation sites (tertiary alicyclic amines) is 1. The zero-order chi connectivity index (χ0) is 6.85. The monoisotopic (exact) mass is 143 g/mol. The molecule has 0 atom stereocenters. The second-order valence-corrected chi connectivity index (χ2v) is 2.23. The van der Waals surface area contributed by atoms with E-state index >= 15 is 0 Å². The minimum atomic E-state index is -0.185. The van der Waals surface area contributed by atoms with Gasteiger partial charge in [-0.3, -0.25) is 9.59 Å². The lowest BCUT2D eigenvalue weighted by Crippen LogP contribution is -2.25. The highest BCUT2D eigenvalue weighted by Gasteiger charge is 2.24. The van der Waals surface area contributed by atoms with Crippen LogP contribution in [0.25, 0.3) is 0 Å². The summed E-state index contributed by atoms with van der Waals surface area (Å²) in [5.41, 5.74) is 0. The summed E-state index contributed by atoms with van der Waals surface area (Å²) in [7, 11) is 0. The summed E-state index contributed by atoms with van der Waals surface area (Å²) < 4.78 is 0. The molecule has 0 spiro atoms. The molecule has 1 aliphatic heterocycles. The summed E-state index contributed by atoms with van der Waals surface area (Å²) in [5, 5.41) is 0. The quantitative estimate of drug-likeness (QED) is 0.385. The second-order valence-electron chi connectivity index (χ2n) is 1.76. The van der Waals surface area contributed by atoms with E-state index in [1.807, 2.05) is 0 Å². The molecule has 48 valence electrons. The molecule has 0 unspecified atom stereocenters. The smallest absolute Gasteiger partial charge is 0.234 e. The van der Waals surface area contributed by atoms with Crippen LogP contribution in [0.15, 0.2) is 0 Å². The number of hydrogen-bond acceptors (Lipinski definition) is 3. The molecule has 0 aliphatic carbocycles. The van der Waals surface area contributed by atoms with E-state index in [9.17, 15) is 9.59 Å². The first-order valence-electron chi connectivity index (χ1n) is 2.56. The van der Waals surface area contributed by atoms with Crippen LogP contribution >= 0.6 is 12.2 Å². The van der Waals surface area contributed by atoms with Crippen molar-refractivity contribution in [3.8, 4) is 0 Å². The molecule has 0 bridgehead atoms. The number of hydrogen-bond donors (Lipinski definition) is 0. The Morgan fingerprint density at radius 2 is 2.22 bits per heavy atom. The highest BCUT2D eigenvalue weighted by atomic mass is 32.1. The van der Waals surface area contributed by atoms with Crippen molar-refractivity contribution in [2.45, 2.75) is 12.8 Å². The van der Waals surface area contributed by atoms with Gasteiger partial charge in [0, 0.05) is 12.8 Å². The van der Waals surface area contributed by atoms with Gasteiger partial charge in [-0.1, -0.05) is 12.2 Å². The number of carbonyl (C=O) groups excluding carboxylic acids is 2. The fraction of sp³-hybridized carbons (Fsp3) is 0.400. The fourth-order valence-corrected chi connectivity index (χ4v) is 0.958. The van der Waals surface area contributed by atoms with Crippen molar-refractivity contribution in [3.05, 3.63) is 0 Å². The largest absolute Gasteiger partial charge is 0.278 e. The van der Waals surface area contributed by atoms with Gasteiger partial charge in [0.2, 0.25) is 12.3 Å². The maximum Gasteiger partial charge on any atom is 0.234 e. The van der Waals surface area contributed by atoms with E-state index in [0.717, 1.165) is 4.90 Å². The Hall–Kier alpha value is -0.770. The predicted molar refractivity (Wildman–Crippen MR) is 34.7 cm³/mol. The molecular formula is C5H5NO2S. The van der Waals surface area contributed by atoms with Crippen molar-refractivity contribution in [2.24, 2.45) is 0 Å². The van der Waals surface area contributed by atoms with Gasteiger partial charge in [0.05, 0.1) is 4.99 Å². The molecular weight excluding hydrogens is 138 g/mol. The van der Waals surface area contributed by atoms with Crippen LogP contribution in [0.1, 0.15) is 12.8 Å². The van der Waals surface area contributed by atoms with Crippen LogP contribution in [0.3, 0.4) is 0 Å². The van der Waals surface area contributed by atoms with Gasteiger partial charge >= 0.3 is 0 Å². The van der Waals surface area contributed by atoms with Gasteiger partial charge < -0.3 is 0 Å². The fourth-order valence-electron chi connectivity index (χ4n) is 0.711. The molecule has 1 fully saturated rings. The van der Waals surface area contributed by atoms with Gasteiger partial charge in [0.1, 0.15) is 0 Å². The number of nitrogens with zero attached hydrogens (tertiary/aromatic N) is 1. The average Bonchev–Trinajstić information content (AvgIpc) is 2.12. The van der Waals surface area contributed by atoms with Crippen LogP contribution in [-0.2, 0) is 9.59 Å². The molecule has 1 heterocycles.